The van der Waals surface area contributed by atoms with Crippen LogP contribution in [0.15, 0.2) is 29.2 Å². The van der Waals surface area contributed by atoms with Crippen LogP contribution in [0, 0.1) is 0 Å². The largest absolute Gasteiger partial charge is 0.354 e. The van der Waals surface area contributed by atoms with Crippen LogP contribution in [0.5, 0.6) is 0 Å². The van der Waals surface area contributed by atoms with Crippen LogP contribution < -0.4 is 16.0 Å². The van der Waals surface area contributed by atoms with Crippen molar-refractivity contribution in [2.75, 3.05) is 33.2 Å². The van der Waals surface area contributed by atoms with Gasteiger partial charge in [-0.3, -0.25) is 9.59 Å². The van der Waals surface area contributed by atoms with Crippen LogP contribution in [0.3, 0.4) is 0 Å². The van der Waals surface area contributed by atoms with Crippen molar-refractivity contribution in [3.05, 3.63) is 29.8 Å². The van der Waals surface area contributed by atoms with Crippen LogP contribution in [0.4, 0.5) is 0 Å². The number of hydrogen-bond acceptors (Lipinski definition) is 5. The van der Waals surface area contributed by atoms with E-state index in [2.05, 4.69) is 16.0 Å². The van der Waals surface area contributed by atoms with Crippen molar-refractivity contribution in [3.8, 4) is 0 Å². The van der Waals surface area contributed by atoms with Crippen molar-refractivity contribution < 1.29 is 18.0 Å². The van der Waals surface area contributed by atoms with Crippen LogP contribution in [0.2, 0.25) is 0 Å². The fourth-order valence-electron chi connectivity index (χ4n) is 2.20. The number of amides is 2. The molecule has 24 heavy (non-hydrogen) atoms. The Hall–Kier alpha value is -1.97. The molecule has 9 heteroatoms. The molecule has 1 saturated heterocycles. The van der Waals surface area contributed by atoms with Crippen molar-refractivity contribution in [1.82, 2.24) is 20.3 Å². The maximum atomic E-state index is 12.5. The zero-order chi connectivity index (χ0) is 17.7. The smallest absolute Gasteiger partial charge is 0.251 e. The number of hydrogen-bond donors (Lipinski definition) is 3. The molecule has 0 aliphatic carbocycles. The third kappa shape index (κ3) is 4.31. The standard InChI is InChI=1S/C15H22N4O4S/c1-11(16-2)9-18-15(21)12-3-5-13(6-4-12)24(22,23)19-8-7-17-14(20)10-19/h3-6,11,16H,7-10H2,1-2H3,(H,17,20)(H,18,21). The van der Waals surface area contributed by atoms with Gasteiger partial charge in [-0.2, -0.15) is 4.31 Å². The first-order chi connectivity index (χ1) is 11.3. The number of benzene rings is 1. The molecule has 0 radical (unpaired) electrons. The number of carbonyl (C=O) groups is 2. The van der Waals surface area contributed by atoms with Crippen LogP contribution >= 0.6 is 0 Å². The highest BCUT2D eigenvalue weighted by molar-refractivity contribution is 7.89. The summed E-state index contributed by atoms with van der Waals surface area (Å²) in [5, 5.41) is 8.36. The van der Waals surface area contributed by atoms with Crippen molar-refractivity contribution in [2.45, 2.75) is 17.9 Å². The van der Waals surface area contributed by atoms with E-state index in [4.69, 9.17) is 0 Å². The SMILES string of the molecule is CNC(C)CNC(=O)c1ccc(S(=O)(=O)N2CCNC(=O)C2)cc1. The maximum absolute atomic E-state index is 12.5. The van der Waals surface area contributed by atoms with Gasteiger partial charge in [-0.15, -0.1) is 0 Å². The Kier molecular flexibility index (Phi) is 5.92. The molecule has 0 bridgehead atoms. The van der Waals surface area contributed by atoms with E-state index in [1.165, 1.54) is 24.3 Å². The van der Waals surface area contributed by atoms with Crippen molar-refractivity contribution >= 4 is 21.8 Å². The third-order valence-electron chi connectivity index (χ3n) is 3.82. The minimum absolute atomic E-state index is 0.0670. The zero-order valence-electron chi connectivity index (χ0n) is 13.7. The lowest BCUT2D eigenvalue weighted by Gasteiger charge is -2.25. The highest BCUT2D eigenvalue weighted by Crippen LogP contribution is 2.17. The fourth-order valence-corrected chi connectivity index (χ4v) is 3.59. The first-order valence-corrected chi connectivity index (χ1v) is 9.11. The molecule has 1 aromatic rings. The molecule has 2 rings (SSSR count). The summed E-state index contributed by atoms with van der Waals surface area (Å²) in [5.74, 6) is -0.585. The minimum atomic E-state index is -3.74. The molecular formula is C15H22N4O4S. The van der Waals surface area contributed by atoms with E-state index in [-0.39, 0.29) is 35.8 Å². The molecule has 1 aliphatic heterocycles. The number of piperazine rings is 1. The van der Waals surface area contributed by atoms with E-state index in [9.17, 15) is 18.0 Å². The molecule has 1 unspecified atom stereocenters. The third-order valence-corrected chi connectivity index (χ3v) is 5.68. The molecule has 0 spiro atoms. The van der Waals surface area contributed by atoms with Gasteiger partial charge in [-0.25, -0.2) is 8.42 Å². The van der Waals surface area contributed by atoms with Gasteiger partial charge >= 0.3 is 0 Å². The summed E-state index contributed by atoms with van der Waals surface area (Å²) in [5.41, 5.74) is 0.383. The Morgan fingerprint density at radius 2 is 2.00 bits per heavy atom. The quantitative estimate of drug-likeness (QED) is 0.616. The topological polar surface area (TPSA) is 108 Å². The summed E-state index contributed by atoms with van der Waals surface area (Å²) in [7, 11) is -1.93. The average molecular weight is 354 g/mol. The molecule has 3 N–H and O–H groups in total. The Labute approximate surface area is 141 Å². The highest BCUT2D eigenvalue weighted by atomic mass is 32.2. The second-order valence-corrected chi connectivity index (χ2v) is 7.55. The molecule has 0 aromatic heterocycles. The summed E-state index contributed by atoms with van der Waals surface area (Å²) < 4.78 is 26.1. The van der Waals surface area contributed by atoms with Gasteiger partial charge in [-0.05, 0) is 38.2 Å². The number of carbonyl (C=O) groups excluding carboxylic acids is 2. The van der Waals surface area contributed by atoms with E-state index in [0.717, 1.165) is 4.31 Å². The lowest BCUT2D eigenvalue weighted by Crippen LogP contribution is -2.49. The van der Waals surface area contributed by atoms with Crippen molar-refractivity contribution in [1.29, 1.82) is 0 Å². The van der Waals surface area contributed by atoms with Gasteiger partial charge in [0.1, 0.15) is 0 Å². The van der Waals surface area contributed by atoms with Crippen molar-refractivity contribution in [2.24, 2.45) is 0 Å². The first kappa shape index (κ1) is 18.4. The summed E-state index contributed by atoms with van der Waals surface area (Å²) in [6.45, 7) is 2.75. The summed E-state index contributed by atoms with van der Waals surface area (Å²) >= 11 is 0. The van der Waals surface area contributed by atoms with Gasteiger partial charge in [0.2, 0.25) is 15.9 Å². The van der Waals surface area contributed by atoms with Gasteiger partial charge in [-0.1, -0.05) is 0 Å². The molecule has 1 fully saturated rings. The Bertz CT molecular complexity index is 703. The summed E-state index contributed by atoms with van der Waals surface area (Å²) in [6.07, 6.45) is 0. The molecule has 1 atom stereocenters. The van der Waals surface area contributed by atoms with Gasteiger partial charge in [0.25, 0.3) is 5.91 Å². The predicted molar refractivity (Wildman–Crippen MR) is 89.1 cm³/mol. The Morgan fingerprint density at radius 3 is 2.58 bits per heavy atom. The summed E-state index contributed by atoms with van der Waals surface area (Å²) in [6, 6.07) is 5.85. The number of nitrogens with one attached hydrogen (secondary N) is 3. The van der Waals surface area contributed by atoms with Gasteiger partial charge in [0, 0.05) is 31.2 Å². The number of nitrogens with zero attached hydrogens (tertiary/aromatic N) is 1. The fraction of sp³-hybridized carbons (Fsp3) is 0.467. The summed E-state index contributed by atoms with van der Waals surface area (Å²) in [4.78, 5) is 23.5. The number of likely N-dealkylation sites (N-methyl/N-ethyl adjacent to an activating group) is 1. The molecule has 0 saturated carbocycles. The van der Waals surface area contributed by atoms with Crippen molar-refractivity contribution in [3.63, 3.8) is 0 Å². The van der Waals surface area contributed by atoms with Gasteiger partial charge in [0.05, 0.1) is 11.4 Å². The average Bonchev–Trinajstić information content (AvgIpc) is 2.59. The normalized spacial score (nSPS) is 17.2. The van der Waals surface area contributed by atoms with E-state index in [1.54, 1.807) is 7.05 Å². The molecule has 2 amide bonds. The van der Waals surface area contributed by atoms with Crippen LogP contribution in [0.1, 0.15) is 17.3 Å². The first-order valence-electron chi connectivity index (χ1n) is 7.67. The molecule has 1 aliphatic rings. The van der Waals surface area contributed by atoms with E-state index in [0.29, 0.717) is 18.7 Å². The van der Waals surface area contributed by atoms with Crippen LogP contribution in [0.25, 0.3) is 0 Å². The van der Waals surface area contributed by atoms with E-state index < -0.39 is 10.0 Å². The predicted octanol–water partition coefficient (Wildman–Crippen LogP) is -0.855. The molecule has 8 nitrogen and oxygen atoms in total. The van der Waals surface area contributed by atoms with Crippen LogP contribution in [-0.2, 0) is 14.8 Å². The number of rotatable bonds is 6. The lowest BCUT2D eigenvalue weighted by molar-refractivity contribution is -0.122. The Balaban J connectivity index is 2.08. The van der Waals surface area contributed by atoms with E-state index >= 15 is 0 Å². The molecule has 132 valence electrons. The van der Waals surface area contributed by atoms with Gasteiger partial charge in [0.15, 0.2) is 0 Å². The second kappa shape index (κ2) is 7.73. The molecule has 1 heterocycles. The highest BCUT2D eigenvalue weighted by Gasteiger charge is 2.29. The van der Waals surface area contributed by atoms with Crippen LogP contribution in [-0.4, -0.2) is 63.8 Å². The molecular weight excluding hydrogens is 332 g/mol. The Morgan fingerprint density at radius 1 is 1.33 bits per heavy atom. The molecule has 1 aromatic carbocycles. The maximum Gasteiger partial charge on any atom is 0.251 e. The lowest BCUT2D eigenvalue weighted by atomic mass is 10.2. The minimum Gasteiger partial charge on any atom is -0.354 e. The monoisotopic (exact) mass is 354 g/mol. The van der Waals surface area contributed by atoms with Gasteiger partial charge < -0.3 is 16.0 Å². The number of sulfonamides is 1. The van der Waals surface area contributed by atoms with E-state index in [1.807, 2.05) is 6.92 Å². The second-order valence-electron chi connectivity index (χ2n) is 5.61. The zero-order valence-corrected chi connectivity index (χ0v) is 14.5.